The Bertz CT molecular complexity index is 352. The fourth-order valence-corrected chi connectivity index (χ4v) is 5.56. The predicted molar refractivity (Wildman–Crippen MR) is 74.4 cm³/mol. The van der Waals surface area contributed by atoms with Crippen LogP contribution in [0.25, 0.3) is 0 Å². The highest BCUT2D eigenvalue weighted by atomic mass is 28.4. The van der Waals surface area contributed by atoms with Crippen LogP contribution in [-0.4, -0.2) is 32.0 Å². The van der Waals surface area contributed by atoms with Gasteiger partial charge < -0.3 is 4.43 Å². The molecule has 1 aromatic rings. The van der Waals surface area contributed by atoms with Crippen LogP contribution in [0.3, 0.4) is 0 Å². The van der Waals surface area contributed by atoms with Crippen molar-refractivity contribution >= 4 is 8.32 Å². The van der Waals surface area contributed by atoms with E-state index >= 15 is 0 Å². The highest BCUT2D eigenvalue weighted by molar-refractivity contribution is 6.73. The van der Waals surface area contributed by atoms with E-state index < -0.39 is 8.32 Å². The van der Waals surface area contributed by atoms with Gasteiger partial charge in [0.05, 0.1) is 0 Å². The Morgan fingerprint density at radius 3 is 2.53 bits per heavy atom. The van der Waals surface area contributed by atoms with Crippen molar-refractivity contribution in [3.63, 3.8) is 0 Å². The summed E-state index contributed by atoms with van der Waals surface area (Å²) in [6, 6.07) is 10.7. The van der Waals surface area contributed by atoms with Gasteiger partial charge in [0.1, 0.15) is 0 Å². The first-order valence-electron chi connectivity index (χ1n) is 6.55. The highest BCUT2D eigenvalue weighted by Crippen LogP contribution is 2.29. The van der Waals surface area contributed by atoms with E-state index in [1.54, 1.807) is 0 Å². The van der Waals surface area contributed by atoms with Gasteiger partial charge in [-0.15, -0.1) is 0 Å². The molecule has 1 aromatic carbocycles. The molecule has 1 heterocycles. The molecule has 0 radical (unpaired) electrons. The minimum Gasteiger partial charge on any atom is -0.416 e. The van der Waals surface area contributed by atoms with Gasteiger partial charge in [-0.1, -0.05) is 30.3 Å². The normalized spacial score (nSPS) is 21.2. The van der Waals surface area contributed by atoms with Crippen LogP contribution >= 0.6 is 0 Å². The van der Waals surface area contributed by atoms with E-state index in [1.165, 1.54) is 18.5 Å². The Morgan fingerprint density at radius 1 is 1.29 bits per heavy atom. The molecule has 1 fully saturated rings. The lowest BCUT2D eigenvalue weighted by molar-refractivity contribution is 0.111. The van der Waals surface area contributed by atoms with E-state index in [-0.39, 0.29) is 0 Å². The minimum atomic E-state index is -1.51. The number of hydrogen-bond donors (Lipinski definition) is 0. The maximum Gasteiger partial charge on any atom is 0.203 e. The molecular weight excluding hydrogens is 226 g/mol. The van der Waals surface area contributed by atoms with Crippen LogP contribution < -0.4 is 0 Å². The summed E-state index contributed by atoms with van der Waals surface area (Å²) in [6.07, 6.45) is 1.31. The van der Waals surface area contributed by atoms with Crippen LogP contribution in [0.1, 0.15) is 18.9 Å². The second-order valence-electron chi connectivity index (χ2n) is 5.30. The molecule has 1 aliphatic heterocycles. The monoisotopic (exact) mass is 249 g/mol. The third kappa shape index (κ3) is 2.97. The number of hydrogen-bond acceptors (Lipinski definition) is 2. The van der Waals surface area contributed by atoms with E-state index in [1.807, 2.05) is 0 Å². The van der Waals surface area contributed by atoms with Crippen molar-refractivity contribution < 1.29 is 4.43 Å². The molecule has 3 heteroatoms. The zero-order chi connectivity index (χ0) is 12.3. The molecule has 1 aliphatic rings. The van der Waals surface area contributed by atoms with Crippen molar-refractivity contribution in [1.82, 2.24) is 4.90 Å². The second-order valence-corrected chi connectivity index (χ2v) is 9.46. The maximum absolute atomic E-state index is 6.00. The first kappa shape index (κ1) is 12.8. The number of likely N-dealkylation sites (tertiary alicyclic amines) is 1. The van der Waals surface area contributed by atoms with Crippen LogP contribution in [-0.2, 0) is 11.0 Å². The molecule has 17 heavy (non-hydrogen) atoms. The summed E-state index contributed by atoms with van der Waals surface area (Å²) < 4.78 is 6.00. The summed E-state index contributed by atoms with van der Waals surface area (Å²) >= 11 is 0. The molecule has 0 spiro atoms. The number of nitrogens with zero attached hydrogens (tertiary/aromatic N) is 1. The van der Waals surface area contributed by atoms with Gasteiger partial charge in [0.2, 0.25) is 8.32 Å². The van der Waals surface area contributed by atoms with E-state index in [9.17, 15) is 0 Å². The average Bonchev–Trinajstić information content (AvgIpc) is 2.25. The van der Waals surface area contributed by atoms with Crippen LogP contribution in [0.5, 0.6) is 0 Å². The molecule has 0 N–H and O–H groups in total. The summed E-state index contributed by atoms with van der Waals surface area (Å²) in [5.74, 6) is 0. The zero-order valence-electron chi connectivity index (χ0n) is 11.1. The lowest BCUT2D eigenvalue weighted by Crippen LogP contribution is -2.62. The van der Waals surface area contributed by atoms with Crippen LogP contribution in [0, 0.1) is 0 Å². The fraction of sp³-hybridized carbons (Fsp3) is 0.571. The Labute approximate surface area is 106 Å². The summed E-state index contributed by atoms with van der Waals surface area (Å²) in [7, 11) is -1.51. The quantitative estimate of drug-likeness (QED) is 0.744. The molecule has 1 saturated heterocycles. The summed E-state index contributed by atoms with van der Waals surface area (Å²) in [5.41, 5.74) is 2.11. The van der Waals surface area contributed by atoms with Crippen molar-refractivity contribution in [3.8, 4) is 0 Å². The van der Waals surface area contributed by atoms with Crippen molar-refractivity contribution in [2.45, 2.75) is 38.6 Å². The van der Waals surface area contributed by atoms with E-state index in [0.717, 1.165) is 13.2 Å². The predicted octanol–water partition coefficient (Wildman–Crippen LogP) is 3.04. The van der Waals surface area contributed by atoms with E-state index in [4.69, 9.17) is 4.43 Å². The molecule has 0 bridgehead atoms. The molecule has 1 unspecified atom stereocenters. The van der Waals surface area contributed by atoms with Gasteiger partial charge in [-0.2, -0.15) is 0 Å². The van der Waals surface area contributed by atoms with Gasteiger partial charge in [-0.05, 0) is 38.5 Å². The molecule has 0 aliphatic carbocycles. The molecule has 94 valence electrons. The summed E-state index contributed by atoms with van der Waals surface area (Å²) in [6.45, 7) is 9.96. The Balaban J connectivity index is 1.95. The zero-order valence-corrected chi connectivity index (χ0v) is 12.1. The Kier molecular flexibility index (Phi) is 4.02. The van der Waals surface area contributed by atoms with Gasteiger partial charge in [0.25, 0.3) is 0 Å². The molecule has 2 nitrogen and oxygen atoms in total. The average molecular weight is 249 g/mol. The third-order valence-corrected chi connectivity index (χ3v) is 6.97. The largest absolute Gasteiger partial charge is 0.416 e. The Morgan fingerprint density at radius 2 is 2.00 bits per heavy atom. The highest BCUT2D eigenvalue weighted by Gasteiger charge is 2.42. The molecule has 2 rings (SSSR count). The molecule has 1 atom stereocenters. The van der Waals surface area contributed by atoms with E-state index in [0.29, 0.717) is 5.67 Å². The van der Waals surface area contributed by atoms with Crippen LogP contribution in [0.15, 0.2) is 30.3 Å². The standard InChI is InChI=1S/C14H23NOSi/c1-4-16-17(2,3)14-10-11-15(14)12-13-8-6-5-7-9-13/h5-9,14H,4,10-12H2,1-3H3. The van der Waals surface area contributed by atoms with Gasteiger partial charge >= 0.3 is 0 Å². The van der Waals surface area contributed by atoms with Crippen molar-refractivity contribution in [1.29, 1.82) is 0 Å². The van der Waals surface area contributed by atoms with Gasteiger partial charge in [0, 0.05) is 18.8 Å². The molecule has 0 amide bonds. The molecular formula is C14H23NOSi. The minimum absolute atomic E-state index is 0.697. The lowest BCUT2D eigenvalue weighted by atomic mass is 10.1. The van der Waals surface area contributed by atoms with Gasteiger partial charge in [-0.25, -0.2) is 0 Å². The second kappa shape index (κ2) is 5.34. The lowest BCUT2D eigenvalue weighted by Gasteiger charge is -2.48. The first-order chi connectivity index (χ1) is 8.13. The third-order valence-electron chi connectivity index (χ3n) is 3.68. The molecule has 0 aromatic heterocycles. The smallest absolute Gasteiger partial charge is 0.203 e. The van der Waals surface area contributed by atoms with E-state index in [2.05, 4.69) is 55.2 Å². The van der Waals surface area contributed by atoms with Crippen molar-refractivity contribution in [3.05, 3.63) is 35.9 Å². The summed E-state index contributed by atoms with van der Waals surface area (Å²) in [5, 5.41) is 0. The fourth-order valence-electron chi connectivity index (χ4n) is 2.70. The van der Waals surface area contributed by atoms with Crippen molar-refractivity contribution in [2.24, 2.45) is 0 Å². The summed E-state index contributed by atoms with van der Waals surface area (Å²) in [4.78, 5) is 2.58. The van der Waals surface area contributed by atoms with Gasteiger partial charge in [-0.3, -0.25) is 4.90 Å². The van der Waals surface area contributed by atoms with Crippen LogP contribution in [0.2, 0.25) is 13.1 Å². The van der Waals surface area contributed by atoms with Gasteiger partial charge in [0.15, 0.2) is 0 Å². The SMILES string of the molecule is CCO[Si](C)(C)C1CCN1Cc1ccccc1. The van der Waals surface area contributed by atoms with Crippen LogP contribution in [0.4, 0.5) is 0 Å². The topological polar surface area (TPSA) is 12.5 Å². The van der Waals surface area contributed by atoms with Crippen molar-refractivity contribution in [2.75, 3.05) is 13.2 Å². The first-order valence-corrected chi connectivity index (χ1v) is 9.54. The molecule has 0 saturated carbocycles. The maximum atomic E-state index is 6.00. The number of benzene rings is 1. The Hall–Kier alpha value is -0.643. The number of rotatable bonds is 5.